The molecule has 13 heavy (non-hydrogen) atoms. The van der Waals surface area contributed by atoms with Crippen LogP contribution in [0.3, 0.4) is 0 Å². The fourth-order valence-corrected chi connectivity index (χ4v) is 0. The Labute approximate surface area is 82.2 Å². The first-order valence-electron chi connectivity index (χ1n) is 2.50. The van der Waals surface area contributed by atoms with Crippen molar-refractivity contribution < 1.29 is 50.4 Å². The summed E-state index contributed by atoms with van der Waals surface area (Å²) in [4.78, 5) is 27.6. The second-order valence-corrected chi connectivity index (χ2v) is 1.46. The number of hydrogen-bond donors (Lipinski definition) is 0. The molecule has 1 radical (unpaired) electrons. The normalized spacial score (nSPS) is 7.69. The van der Waals surface area contributed by atoms with Gasteiger partial charge in [0.15, 0.2) is 5.78 Å². The Morgan fingerprint density at radius 2 is 1.31 bits per heavy atom. The Morgan fingerprint density at radius 1 is 1.15 bits per heavy atom. The fraction of sp³-hybridized carbons (Fsp3) is 0.400. The van der Waals surface area contributed by atoms with E-state index in [1.165, 1.54) is 0 Å². The SMILES string of the molecule is CC(=O)C(=O)[O-].O=C([O-])C(F)F.[Cu+2]. The summed E-state index contributed by atoms with van der Waals surface area (Å²) in [7, 11) is 0. The number of aliphatic carboxylic acids is 2. The van der Waals surface area contributed by atoms with Gasteiger partial charge < -0.3 is 19.8 Å². The largest absolute Gasteiger partial charge is 2.00 e. The van der Waals surface area contributed by atoms with Crippen molar-refractivity contribution in [2.75, 3.05) is 0 Å². The Hall–Kier alpha value is -1.01. The van der Waals surface area contributed by atoms with Crippen LogP contribution in [0.4, 0.5) is 8.78 Å². The van der Waals surface area contributed by atoms with Crippen LogP contribution >= 0.6 is 0 Å². The molecular weight excluding hydrogens is 242 g/mol. The summed E-state index contributed by atoms with van der Waals surface area (Å²) < 4.78 is 21.0. The molecule has 0 N–H and O–H groups in total. The minimum Gasteiger partial charge on any atom is -0.544 e. The molecule has 0 saturated heterocycles. The van der Waals surface area contributed by atoms with Gasteiger partial charge >= 0.3 is 17.1 Å². The Kier molecular flexibility index (Phi) is 12.5. The maximum absolute atomic E-state index is 10.5. The van der Waals surface area contributed by atoms with Crippen molar-refractivity contribution in [2.45, 2.75) is 13.3 Å². The monoisotopic (exact) mass is 245 g/mol. The van der Waals surface area contributed by atoms with Crippen molar-refractivity contribution in [3.05, 3.63) is 0 Å². The molecule has 0 amide bonds. The first-order chi connectivity index (χ1) is 5.29. The summed E-state index contributed by atoms with van der Waals surface area (Å²) in [6, 6.07) is 0. The standard InChI is InChI=1S/C3H4O3.C2H2F2O2.Cu/c1-2(4)3(5)6;3-1(4)2(5)6;/h1H3,(H,5,6);1H,(H,5,6);/q;;+2/p-2. The molecule has 79 valence electrons. The van der Waals surface area contributed by atoms with E-state index in [1.54, 1.807) is 0 Å². The van der Waals surface area contributed by atoms with E-state index in [0.29, 0.717) is 0 Å². The predicted molar refractivity (Wildman–Crippen MR) is 26.7 cm³/mol. The van der Waals surface area contributed by atoms with Gasteiger partial charge in [0.1, 0.15) is 11.9 Å². The minimum absolute atomic E-state index is 0. The molecule has 0 aliphatic heterocycles. The van der Waals surface area contributed by atoms with Crippen molar-refractivity contribution >= 4 is 17.7 Å². The van der Waals surface area contributed by atoms with Crippen LogP contribution in [0, 0.1) is 0 Å². The first-order valence-corrected chi connectivity index (χ1v) is 2.50. The third-order valence-electron chi connectivity index (χ3n) is 0.466. The van der Waals surface area contributed by atoms with Gasteiger partial charge in [-0.3, -0.25) is 4.79 Å². The zero-order chi connectivity index (χ0) is 10.3. The molecule has 0 aromatic rings. The number of carbonyl (C=O) groups is 3. The van der Waals surface area contributed by atoms with Crippen molar-refractivity contribution in [3.63, 3.8) is 0 Å². The summed E-state index contributed by atoms with van der Waals surface area (Å²) in [6.07, 6.45) is -3.34. The molecular formula is C5H4CuF2O5. The van der Waals surface area contributed by atoms with E-state index in [9.17, 15) is 23.5 Å². The molecule has 0 saturated carbocycles. The van der Waals surface area contributed by atoms with Crippen LogP contribution in [0.15, 0.2) is 0 Å². The quantitative estimate of drug-likeness (QED) is 0.390. The van der Waals surface area contributed by atoms with Crippen molar-refractivity contribution in [3.8, 4) is 0 Å². The first kappa shape index (κ1) is 17.9. The van der Waals surface area contributed by atoms with Crippen LogP contribution in [0.2, 0.25) is 0 Å². The Balaban J connectivity index is -0.000000143. The van der Waals surface area contributed by atoms with Crippen molar-refractivity contribution in [1.82, 2.24) is 0 Å². The average Bonchev–Trinajstić information content (AvgIpc) is 1.88. The van der Waals surface area contributed by atoms with Crippen LogP contribution in [-0.2, 0) is 31.5 Å². The maximum atomic E-state index is 10.5. The summed E-state index contributed by atoms with van der Waals surface area (Å²) in [5.41, 5.74) is 0. The van der Waals surface area contributed by atoms with E-state index in [0.717, 1.165) is 6.92 Å². The van der Waals surface area contributed by atoms with Gasteiger partial charge in [-0.2, -0.15) is 0 Å². The number of carbonyl (C=O) groups excluding carboxylic acids is 3. The molecule has 8 heteroatoms. The number of carboxylic acid groups (broad SMARTS) is 2. The topological polar surface area (TPSA) is 97.3 Å². The second kappa shape index (κ2) is 9.08. The minimum atomic E-state index is -3.34. The van der Waals surface area contributed by atoms with Gasteiger partial charge in [-0.15, -0.1) is 0 Å². The van der Waals surface area contributed by atoms with Crippen LogP contribution in [-0.4, -0.2) is 24.1 Å². The van der Waals surface area contributed by atoms with E-state index in [2.05, 4.69) is 0 Å². The van der Waals surface area contributed by atoms with Gasteiger partial charge in [-0.1, -0.05) is 0 Å². The molecule has 0 aromatic heterocycles. The molecule has 0 spiro atoms. The van der Waals surface area contributed by atoms with E-state index in [1.807, 2.05) is 0 Å². The van der Waals surface area contributed by atoms with E-state index < -0.39 is 24.1 Å². The Morgan fingerprint density at radius 3 is 1.31 bits per heavy atom. The molecule has 5 nitrogen and oxygen atoms in total. The molecule has 0 bridgehead atoms. The van der Waals surface area contributed by atoms with Gasteiger partial charge in [0, 0.05) is 6.92 Å². The molecule has 0 fully saturated rings. The van der Waals surface area contributed by atoms with Crippen molar-refractivity contribution in [2.24, 2.45) is 0 Å². The number of alkyl halides is 2. The third kappa shape index (κ3) is 18.2. The second-order valence-electron chi connectivity index (χ2n) is 1.46. The fourth-order valence-electron chi connectivity index (χ4n) is 0. The number of rotatable bonds is 2. The van der Waals surface area contributed by atoms with Crippen LogP contribution in [0.1, 0.15) is 6.92 Å². The zero-order valence-electron chi connectivity index (χ0n) is 6.18. The molecule has 0 atom stereocenters. The maximum Gasteiger partial charge on any atom is 2.00 e. The van der Waals surface area contributed by atoms with E-state index in [-0.39, 0.29) is 17.1 Å². The summed E-state index contributed by atoms with van der Waals surface area (Å²) in [5.74, 6) is -4.89. The van der Waals surface area contributed by atoms with Gasteiger partial charge in [0.2, 0.25) is 0 Å². The van der Waals surface area contributed by atoms with E-state index >= 15 is 0 Å². The van der Waals surface area contributed by atoms with Gasteiger partial charge in [0.25, 0.3) is 6.43 Å². The summed E-state index contributed by atoms with van der Waals surface area (Å²) in [6.45, 7) is 0.940. The van der Waals surface area contributed by atoms with Crippen LogP contribution in [0.5, 0.6) is 0 Å². The summed E-state index contributed by atoms with van der Waals surface area (Å²) >= 11 is 0. The smallest absolute Gasteiger partial charge is 0.544 e. The van der Waals surface area contributed by atoms with Crippen molar-refractivity contribution in [1.29, 1.82) is 0 Å². The number of Topliss-reactive ketones (excluding diaryl/α,β-unsaturated/α-hetero) is 1. The average molecular weight is 246 g/mol. The molecule has 0 aliphatic carbocycles. The summed E-state index contributed by atoms with van der Waals surface area (Å²) in [5, 5.41) is 18.1. The van der Waals surface area contributed by atoms with Crippen LogP contribution < -0.4 is 10.2 Å². The van der Waals surface area contributed by atoms with Crippen LogP contribution in [0.25, 0.3) is 0 Å². The van der Waals surface area contributed by atoms with Gasteiger partial charge in [-0.25, -0.2) is 8.78 Å². The predicted octanol–water partition coefficient (Wildman–Crippen LogP) is -2.68. The van der Waals surface area contributed by atoms with E-state index in [4.69, 9.17) is 9.90 Å². The zero-order valence-corrected chi connectivity index (χ0v) is 7.12. The number of ketones is 1. The third-order valence-corrected chi connectivity index (χ3v) is 0.466. The molecule has 0 unspecified atom stereocenters. The molecule has 0 aliphatic rings. The molecule has 0 aromatic carbocycles. The van der Waals surface area contributed by atoms with Gasteiger partial charge in [-0.05, 0) is 0 Å². The molecule has 0 rings (SSSR count). The number of halogens is 2. The number of hydrogen-bond acceptors (Lipinski definition) is 5. The van der Waals surface area contributed by atoms with Gasteiger partial charge in [0.05, 0.1) is 0 Å². The number of carboxylic acids is 2. The molecule has 0 heterocycles. The Bertz CT molecular complexity index is 181.